The lowest BCUT2D eigenvalue weighted by atomic mass is 10.1. The lowest BCUT2D eigenvalue weighted by Gasteiger charge is -2.22. The average molecular weight is 326 g/mol. The van der Waals surface area contributed by atoms with Gasteiger partial charge in [0.2, 0.25) is 0 Å². The Bertz CT molecular complexity index is 631. The number of hydrogen-bond acceptors (Lipinski definition) is 3. The minimum Gasteiger partial charge on any atom is -0.451 e. The van der Waals surface area contributed by atoms with E-state index in [1.165, 1.54) is 0 Å². The van der Waals surface area contributed by atoms with Crippen molar-refractivity contribution in [1.82, 2.24) is 5.32 Å². The van der Waals surface area contributed by atoms with E-state index in [2.05, 4.69) is 21.2 Å². The minimum absolute atomic E-state index is 0.135. The van der Waals surface area contributed by atoms with Gasteiger partial charge in [0, 0.05) is 9.86 Å². The number of amides is 1. The van der Waals surface area contributed by atoms with E-state index in [1.807, 2.05) is 19.1 Å². The van der Waals surface area contributed by atoms with Crippen LogP contribution in [0.2, 0.25) is 0 Å². The largest absolute Gasteiger partial charge is 0.451 e. The van der Waals surface area contributed by atoms with Gasteiger partial charge in [-0.2, -0.15) is 0 Å². The molecule has 102 valence electrons. The van der Waals surface area contributed by atoms with Crippen LogP contribution in [0.3, 0.4) is 0 Å². The number of aliphatic hydroxyl groups excluding tert-OH is 1. The fourth-order valence-electron chi connectivity index (χ4n) is 1.80. The average Bonchev–Trinajstić information content (AvgIpc) is 2.72. The molecule has 2 aromatic rings. The Kier molecular flexibility index (Phi) is 3.69. The summed E-state index contributed by atoms with van der Waals surface area (Å²) in [6.07, 6.45) is 0. The Morgan fingerprint density at radius 3 is 2.74 bits per heavy atom. The third-order valence-corrected chi connectivity index (χ3v) is 3.30. The summed E-state index contributed by atoms with van der Waals surface area (Å²) in [5, 5.41) is 12.8. The predicted octanol–water partition coefficient (Wildman–Crippen LogP) is 3.00. The van der Waals surface area contributed by atoms with Crippen LogP contribution in [0.25, 0.3) is 11.0 Å². The van der Waals surface area contributed by atoms with Gasteiger partial charge in [-0.1, -0.05) is 15.9 Å². The zero-order valence-electron chi connectivity index (χ0n) is 11.1. The number of carbonyl (C=O) groups excluding carboxylic acids is 1. The number of aryl methyl sites for hydroxylation is 1. The molecule has 0 fully saturated rings. The Hall–Kier alpha value is -1.33. The fraction of sp³-hybridized carbons (Fsp3) is 0.357. The van der Waals surface area contributed by atoms with Crippen LogP contribution < -0.4 is 5.32 Å². The molecule has 1 heterocycles. The van der Waals surface area contributed by atoms with Crippen LogP contribution in [0.15, 0.2) is 27.1 Å². The quantitative estimate of drug-likeness (QED) is 0.911. The molecule has 0 aliphatic heterocycles. The lowest BCUT2D eigenvalue weighted by molar-refractivity contribution is 0.0843. The first-order valence-electron chi connectivity index (χ1n) is 5.95. The van der Waals surface area contributed by atoms with Crippen molar-refractivity contribution in [3.05, 3.63) is 34.0 Å². The Morgan fingerprint density at radius 2 is 2.11 bits per heavy atom. The van der Waals surface area contributed by atoms with Crippen LogP contribution in [0.4, 0.5) is 0 Å². The molecule has 0 spiro atoms. The highest BCUT2D eigenvalue weighted by Crippen LogP contribution is 2.27. The molecular formula is C14H16BrNO3. The number of nitrogens with one attached hydrogen (secondary N) is 1. The van der Waals surface area contributed by atoms with Gasteiger partial charge in [-0.25, -0.2) is 0 Å². The van der Waals surface area contributed by atoms with Crippen LogP contribution in [0.5, 0.6) is 0 Å². The highest BCUT2D eigenvalue weighted by atomic mass is 79.9. The second-order valence-corrected chi connectivity index (χ2v) is 6.16. The second kappa shape index (κ2) is 4.98. The van der Waals surface area contributed by atoms with Crippen LogP contribution in [0.1, 0.15) is 30.0 Å². The maximum Gasteiger partial charge on any atom is 0.287 e. The van der Waals surface area contributed by atoms with Gasteiger partial charge in [0.25, 0.3) is 5.91 Å². The van der Waals surface area contributed by atoms with E-state index in [-0.39, 0.29) is 18.3 Å². The fourth-order valence-corrected chi connectivity index (χ4v) is 2.39. The number of benzene rings is 1. The number of halogens is 1. The maximum atomic E-state index is 12.1. The molecule has 1 aromatic carbocycles. The Balaban J connectivity index is 2.36. The van der Waals surface area contributed by atoms with Gasteiger partial charge in [-0.05, 0) is 44.5 Å². The first-order chi connectivity index (χ1) is 8.82. The maximum absolute atomic E-state index is 12.1. The minimum atomic E-state index is -0.675. The molecule has 2 N–H and O–H groups in total. The van der Waals surface area contributed by atoms with Gasteiger partial charge in [0.05, 0.1) is 12.1 Å². The molecule has 19 heavy (non-hydrogen) atoms. The SMILES string of the molecule is Cc1cc(Br)cc2cc(C(=O)NC(C)(C)CO)oc12. The molecule has 1 aromatic heterocycles. The number of hydrogen-bond donors (Lipinski definition) is 2. The van der Waals surface area contributed by atoms with Crippen molar-refractivity contribution in [2.24, 2.45) is 0 Å². The summed E-state index contributed by atoms with van der Waals surface area (Å²) in [6.45, 7) is 5.28. The monoisotopic (exact) mass is 325 g/mol. The van der Waals surface area contributed by atoms with E-state index < -0.39 is 5.54 Å². The van der Waals surface area contributed by atoms with Crippen molar-refractivity contribution in [3.8, 4) is 0 Å². The number of carbonyl (C=O) groups is 1. The van der Waals surface area contributed by atoms with Gasteiger partial charge in [-0.3, -0.25) is 4.79 Å². The zero-order valence-corrected chi connectivity index (χ0v) is 12.7. The molecule has 1 amide bonds. The Morgan fingerprint density at radius 1 is 1.42 bits per heavy atom. The summed E-state index contributed by atoms with van der Waals surface area (Å²) in [6, 6.07) is 5.54. The van der Waals surface area contributed by atoms with Crippen molar-refractivity contribution in [3.63, 3.8) is 0 Å². The van der Waals surface area contributed by atoms with Crippen molar-refractivity contribution in [2.45, 2.75) is 26.3 Å². The third-order valence-electron chi connectivity index (χ3n) is 2.84. The van der Waals surface area contributed by atoms with Crippen LogP contribution in [-0.2, 0) is 0 Å². The first kappa shape index (κ1) is 14.1. The first-order valence-corrected chi connectivity index (χ1v) is 6.75. The molecule has 0 aliphatic carbocycles. The molecule has 0 bridgehead atoms. The van der Waals surface area contributed by atoms with Crippen molar-refractivity contribution < 1.29 is 14.3 Å². The molecule has 0 atom stereocenters. The van der Waals surface area contributed by atoms with Gasteiger partial charge in [-0.15, -0.1) is 0 Å². The smallest absolute Gasteiger partial charge is 0.287 e. The molecule has 0 aliphatic rings. The summed E-state index contributed by atoms with van der Waals surface area (Å²) >= 11 is 3.41. The summed E-state index contributed by atoms with van der Waals surface area (Å²) in [5.74, 6) is -0.0801. The van der Waals surface area contributed by atoms with E-state index in [0.717, 1.165) is 15.4 Å². The number of rotatable bonds is 3. The van der Waals surface area contributed by atoms with Crippen molar-refractivity contribution in [1.29, 1.82) is 0 Å². The molecule has 4 nitrogen and oxygen atoms in total. The summed E-state index contributed by atoms with van der Waals surface area (Å²) in [5.41, 5.74) is 0.992. The molecule has 0 radical (unpaired) electrons. The highest BCUT2D eigenvalue weighted by Gasteiger charge is 2.22. The normalized spacial score (nSPS) is 11.8. The van der Waals surface area contributed by atoms with Gasteiger partial charge in [0.1, 0.15) is 5.58 Å². The number of furan rings is 1. The summed E-state index contributed by atoms with van der Waals surface area (Å²) in [7, 11) is 0. The standard InChI is InChI=1S/C14H16BrNO3/c1-8-4-10(15)5-9-6-11(19-12(8)9)13(18)16-14(2,3)7-17/h4-6,17H,7H2,1-3H3,(H,16,18). The molecule has 5 heteroatoms. The van der Waals surface area contributed by atoms with Crippen LogP contribution in [-0.4, -0.2) is 23.2 Å². The molecule has 0 unspecified atom stereocenters. The summed E-state index contributed by atoms with van der Waals surface area (Å²) < 4.78 is 6.54. The predicted molar refractivity (Wildman–Crippen MR) is 77.3 cm³/mol. The van der Waals surface area contributed by atoms with Crippen molar-refractivity contribution in [2.75, 3.05) is 6.61 Å². The molecule has 0 saturated carbocycles. The van der Waals surface area contributed by atoms with Gasteiger partial charge < -0.3 is 14.8 Å². The second-order valence-electron chi connectivity index (χ2n) is 5.25. The molecule has 2 rings (SSSR count). The van der Waals surface area contributed by atoms with Crippen LogP contribution >= 0.6 is 15.9 Å². The molecular weight excluding hydrogens is 310 g/mol. The van der Waals surface area contributed by atoms with Gasteiger partial charge in [0.15, 0.2) is 5.76 Å². The lowest BCUT2D eigenvalue weighted by Crippen LogP contribution is -2.46. The summed E-state index contributed by atoms with van der Waals surface area (Å²) in [4.78, 5) is 12.1. The number of fused-ring (bicyclic) bond motifs is 1. The van der Waals surface area contributed by atoms with E-state index in [4.69, 9.17) is 9.52 Å². The third kappa shape index (κ3) is 2.98. The number of aliphatic hydroxyl groups is 1. The van der Waals surface area contributed by atoms with E-state index >= 15 is 0 Å². The van der Waals surface area contributed by atoms with E-state index in [0.29, 0.717) is 5.58 Å². The van der Waals surface area contributed by atoms with E-state index in [1.54, 1.807) is 19.9 Å². The highest BCUT2D eigenvalue weighted by molar-refractivity contribution is 9.10. The van der Waals surface area contributed by atoms with Crippen LogP contribution in [0, 0.1) is 6.92 Å². The molecule has 0 saturated heterocycles. The topological polar surface area (TPSA) is 62.5 Å². The van der Waals surface area contributed by atoms with Crippen molar-refractivity contribution >= 4 is 32.8 Å². The van der Waals surface area contributed by atoms with E-state index in [9.17, 15) is 4.79 Å². The zero-order chi connectivity index (χ0) is 14.2. The Labute approximate surface area is 119 Å². The van der Waals surface area contributed by atoms with Gasteiger partial charge >= 0.3 is 0 Å².